The first-order valence-corrected chi connectivity index (χ1v) is 5.35. The van der Waals surface area contributed by atoms with E-state index in [2.05, 4.69) is 20.2 Å². The van der Waals surface area contributed by atoms with Gasteiger partial charge in [0.1, 0.15) is 11.6 Å². The highest BCUT2D eigenvalue weighted by molar-refractivity contribution is 6.28. The number of H-pyrrole nitrogens is 1. The van der Waals surface area contributed by atoms with E-state index >= 15 is 0 Å². The van der Waals surface area contributed by atoms with Crippen LogP contribution in [-0.2, 0) is 0 Å². The third-order valence-corrected chi connectivity index (χ3v) is 2.65. The maximum atomic E-state index is 13.7. The van der Waals surface area contributed by atoms with Crippen molar-refractivity contribution in [2.45, 2.75) is 0 Å². The van der Waals surface area contributed by atoms with Gasteiger partial charge in [-0.2, -0.15) is 10.1 Å². The summed E-state index contributed by atoms with van der Waals surface area (Å²) in [5.74, 6) is -1.43. The molecule has 0 aliphatic carbocycles. The van der Waals surface area contributed by atoms with Gasteiger partial charge in [-0.25, -0.2) is 13.8 Å². The van der Waals surface area contributed by atoms with Crippen LogP contribution < -0.4 is 0 Å². The fourth-order valence-corrected chi connectivity index (χ4v) is 1.89. The fourth-order valence-electron chi connectivity index (χ4n) is 1.72. The molecule has 0 spiro atoms. The second-order valence-corrected chi connectivity index (χ2v) is 3.91. The first-order valence-electron chi connectivity index (χ1n) is 4.98. The van der Waals surface area contributed by atoms with Gasteiger partial charge >= 0.3 is 0 Å². The summed E-state index contributed by atoms with van der Waals surface area (Å²) < 4.78 is 27.5. The van der Waals surface area contributed by atoms with Gasteiger partial charge < -0.3 is 0 Å². The Bertz CT molecular complexity index is 721. The maximum absolute atomic E-state index is 13.7. The molecule has 7 heteroatoms. The van der Waals surface area contributed by atoms with Crippen LogP contribution in [0.3, 0.4) is 0 Å². The summed E-state index contributed by atoms with van der Waals surface area (Å²) in [5.41, 5.74) is 0.162. The lowest BCUT2D eigenvalue weighted by molar-refractivity contribution is 0.589. The topological polar surface area (TPSA) is 54.5 Å². The zero-order valence-corrected chi connectivity index (χ0v) is 9.54. The van der Waals surface area contributed by atoms with Crippen LogP contribution in [0.5, 0.6) is 0 Å². The molecule has 0 atom stereocenters. The lowest BCUT2D eigenvalue weighted by Crippen LogP contribution is -1.95. The van der Waals surface area contributed by atoms with Crippen LogP contribution >= 0.6 is 11.6 Å². The normalized spacial score (nSPS) is 11.1. The second-order valence-electron chi connectivity index (χ2n) is 3.57. The largest absolute Gasteiger partial charge is 0.261 e. The van der Waals surface area contributed by atoms with Crippen LogP contribution in [0.15, 0.2) is 24.4 Å². The van der Waals surface area contributed by atoms with Gasteiger partial charge in [0.25, 0.3) is 0 Å². The SMILES string of the molecule is Fc1cccc(F)c1-c1nc(Cl)nc2[nH]ncc12. The van der Waals surface area contributed by atoms with Crippen molar-refractivity contribution in [2.75, 3.05) is 0 Å². The van der Waals surface area contributed by atoms with Crippen LogP contribution in [0.25, 0.3) is 22.3 Å². The van der Waals surface area contributed by atoms with E-state index in [1.54, 1.807) is 0 Å². The van der Waals surface area contributed by atoms with Gasteiger partial charge in [-0.05, 0) is 23.7 Å². The zero-order chi connectivity index (χ0) is 12.7. The lowest BCUT2D eigenvalue weighted by Gasteiger charge is -2.05. The van der Waals surface area contributed by atoms with Crippen LogP contribution in [-0.4, -0.2) is 20.2 Å². The minimum atomic E-state index is -0.715. The average molecular weight is 267 g/mol. The third kappa shape index (κ3) is 1.62. The van der Waals surface area contributed by atoms with Gasteiger partial charge in [-0.3, -0.25) is 5.10 Å². The molecule has 18 heavy (non-hydrogen) atoms. The minimum Gasteiger partial charge on any atom is -0.261 e. The predicted molar refractivity (Wildman–Crippen MR) is 62.0 cm³/mol. The first-order chi connectivity index (χ1) is 8.66. The molecule has 0 aliphatic rings. The Hall–Kier alpha value is -2.08. The van der Waals surface area contributed by atoms with E-state index in [9.17, 15) is 8.78 Å². The minimum absolute atomic E-state index is 0.0781. The molecular weight excluding hydrogens is 262 g/mol. The molecule has 0 saturated heterocycles. The summed E-state index contributed by atoms with van der Waals surface area (Å²) >= 11 is 5.72. The van der Waals surface area contributed by atoms with Crippen LogP contribution in [0.2, 0.25) is 5.28 Å². The van der Waals surface area contributed by atoms with E-state index < -0.39 is 11.6 Å². The Morgan fingerprint density at radius 3 is 2.56 bits per heavy atom. The van der Waals surface area contributed by atoms with Crippen LogP contribution in [0, 0.1) is 11.6 Å². The Morgan fingerprint density at radius 1 is 1.11 bits per heavy atom. The van der Waals surface area contributed by atoms with Gasteiger partial charge in [-0.15, -0.1) is 0 Å². The molecule has 2 aromatic heterocycles. The van der Waals surface area contributed by atoms with Gasteiger partial charge in [-0.1, -0.05) is 6.07 Å². The number of nitrogens with one attached hydrogen (secondary N) is 1. The van der Waals surface area contributed by atoms with E-state index in [0.717, 1.165) is 12.1 Å². The van der Waals surface area contributed by atoms with Gasteiger partial charge in [0.05, 0.1) is 22.8 Å². The predicted octanol–water partition coefficient (Wildman–Crippen LogP) is 2.95. The summed E-state index contributed by atoms with van der Waals surface area (Å²) in [6, 6.07) is 3.59. The molecule has 0 fully saturated rings. The van der Waals surface area contributed by atoms with Crippen molar-refractivity contribution >= 4 is 22.6 Å². The molecule has 1 N–H and O–H groups in total. The number of hydrogen-bond donors (Lipinski definition) is 1. The number of fused-ring (bicyclic) bond motifs is 1. The molecule has 2 heterocycles. The first kappa shape index (κ1) is 11.0. The number of aromatic nitrogens is 4. The fraction of sp³-hybridized carbons (Fsp3) is 0. The summed E-state index contributed by atoms with van der Waals surface area (Å²) in [6.45, 7) is 0. The number of benzene rings is 1. The van der Waals surface area contributed by atoms with Gasteiger partial charge in [0.15, 0.2) is 5.65 Å². The zero-order valence-electron chi connectivity index (χ0n) is 8.78. The van der Waals surface area contributed by atoms with Crippen LogP contribution in [0.1, 0.15) is 0 Å². The molecule has 0 saturated carbocycles. The standard InChI is InChI=1S/C11H5ClF2N4/c12-11-16-9(5-4-15-18-10(5)17-11)8-6(13)2-1-3-7(8)14/h1-4H,(H,15,16,17,18). The molecule has 0 amide bonds. The molecule has 90 valence electrons. The molecule has 3 aromatic rings. The van der Waals surface area contributed by atoms with Crippen molar-refractivity contribution in [3.05, 3.63) is 41.3 Å². The van der Waals surface area contributed by atoms with Gasteiger partial charge in [0.2, 0.25) is 5.28 Å². The van der Waals surface area contributed by atoms with Crippen molar-refractivity contribution in [3.8, 4) is 11.3 Å². The molecule has 0 bridgehead atoms. The number of rotatable bonds is 1. The highest BCUT2D eigenvalue weighted by Gasteiger charge is 2.17. The lowest BCUT2D eigenvalue weighted by atomic mass is 10.1. The third-order valence-electron chi connectivity index (χ3n) is 2.48. The number of halogens is 3. The average Bonchev–Trinajstić information content (AvgIpc) is 2.76. The van der Waals surface area contributed by atoms with Crippen molar-refractivity contribution in [2.24, 2.45) is 0 Å². The maximum Gasteiger partial charge on any atom is 0.224 e. The Balaban J connectivity index is 2.41. The van der Waals surface area contributed by atoms with Crippen molar-refractivity contribution in [1.29, 1.82) is 0 Å². The number of hydrogen-bond acceptors (Lipinski definition) is 3. The Labute approximate surface area is 105 Å². The number of aromatic amines is 1. The monoisotopic (exact) mass is 266 g/mol. The molecule has 0 aliphatic heterocycles. The summed E-state index contributed by atoms with van der Waals surface area (Å²) in [7, 11) is 0. The quantitative estimate of drug-likeness (QED) is 0.689. The van der Waals surface area contributed by atoms with E-state index in [-0.39, 0.29) is 16.5 Å². The Kier molecular flexibility index (Phi) is 2.45. The van der Waals surface area contributed by atoms with Crippen molar-refractivity contribution < 1.29 is 8.78 Å². The molecule has 1 aromatic carbocycles. The van der Waals surface area contributed by atoms with E-state index in [1.807, 2.05) is 0 Å². The molecule has 4 nitrogen and oxygen atoms in total. The molecule has 0 unspecified atom stereocenters. The molecule has 3 rings (SSSR count). The van der Waals surface area contributed by atoms with E-state index in [0.29, 0.717) is 11.0 Å². The van der Waals surface area contributed by atoms with Crippen molar-refractivity contribution in [1.82, 2.24) is 20.2 Å². The number of nitrogens with zero attached hydrogens (tertiary/aromatic N) is 3. The van der Waals surface area contributed by atoms with E-state index in [4.69, 9.17) is 11.6 Å². The molecular formula is C11H5ClF2N4. The second kappa shape index (κ2) is 3.99. The summed E-state index contributed by atoms with van der Waals surface area (Å²) in [6.07, 6.45) is 1.40. The van der Waals surface area contributed by atoms with Crippen LogP contribution in [0.4, 0.5) is 8.78 Å². The smallest absolute Gasteiger partial charge is 0.224 e. The molecule has 0 radical (unpaired) electrons. The Morgan fingerprint density at radius 2 is 1.83 bits per heavy atom. The summed E-state index contributed by atoms with van der Waals surface area (Å²) in [4.78, 5) is 7.75. The van der Waals surface area contributed by atoms with E-state index in [1.165, 1.54) is 12.3 Å². The summed E-state index contributed by atoms with van der Waals surface area (Å²) in [5, 5.41) is 6.63. The highest BCUT2D eigenvalue weighted by Crippen LogP contribution is 2.30. The van der Waals surface area contributed by atoms with Gasteiger partial charge in [0, 0.05) is 0 Å². The highest BCUT2D eigenvalue weighted by atomic mass is 35.5. The van der Waals surface area contributed by atoms with Crippen molar-refractivity contribution in [3.63, 3.8) is 0 Å².